The van der Waals surface area contributed by atoms with E-state index in [1.54, 1.807) is 13.3 Å². The SMILES string of the molecule is CCOC(=O)c1c(NC(=O)[C@@H](Sc2nncn2C2CC2)c2ccccc2)sc2c1CC[C@@H](C)C2. The van der Waals surface area contributed by atoms with Gasteiger partial charge in [-0.05, 0) is 56.1 Å². The Morgan fingerprint density at radius 1 is 1.26 bits per heavy atom. The van der Waals surface area contributed by atoms with Gasteiger partial charge in [-0.3, -0.25) is 4.79 Å². The van der Waals surface area contributed by atoms with Gasteiger partial charge in [0.1, 0.15) is 16.6 Å². The quantitative estimate of drug-likeness (QED) is 0.330. The van der Waals surface area contributed by atoms with Gasteiger partial charge in [-0.1, -0.05) is 49.0 Å². The molecule has 0 aliphatic heterocycles. The lowest BCUT2D eigenvalue weighted by atomic mass is 9.88. The molecule has 5 rings (SSSR count). The standard InChI is InChI=1S/C25H28N4O3S2/c1-3-32-24(31)20-18-12-9-15(2)13-19(18)33-23(20)27-22(30)21(16-7-5-4-6-8-16)34-25-28-26-14-29(25)17-10-11-17/h4-8,14-15,17,21H,3,9-13H2,1-2H3,(H,27,30)/t15-,21+/m1/s1. The number of nitrogens with zero attached hydrogens (tertiary/aromatic N) is 3. The number of rotatable bonds is 8. The molecule has 3 aromatic rings. The summed E-state index contributed by atoms with van der Waals surface area (Å²) in [5, 5.41) is 12.3. The van der Waals surface area contributed by atoms with E-state index in [9.17, 15) is 9.59 Å². The fourth-order valence-electron chi connectivity index (χ4n) is 4.36. The normalized spacial score (nSPS) is 18.2. The monoisotopic (exact) mass is 496 g/mol. The first kappa shape index (κ1) is 23.1. The number of aromatic nitrogens is 3. The topological polar surface area (TPSA) is 86.1 Å². The molecule has 2 heterocycles. The van der Waals surface area contributed by atoms with Crippen molar-refractivity contribution in [1.29, 1.82) is 0 Å². The number of thiophene rings is 1. The summed E-state index contributed by atoms with van der Waals surface area (Å²) in [5.41, 5.74) is 2.44. The van der Waals surface area contributed by atoms with Crippen molar-refractivity contribution in [2.24, 2.45) is 5.92 Å². The molecule has 1 N–H and O–H groups in total. The maximum atomic E-state index is 13.7. The van der Waals surface area contributed by atoms with Gasteiger partial charge in [0.2, 0.25) is 5.91 Å². The maximum absolute atomic E-state index is 13.7. The number of esters is 1. The van der Waals surface area contributed by atoms with Crippen LogP contribution in [0.15, 0.2) is 41.8 Å². The van der Waals surface area contributed by atoms with Crippen LogP contribution in [0.25, 0.3) is 0 Å². The molecule has 34 heavy (non-hydrogen) atoms. The highest BCUT2D eigenvalue weighted by Crippen LogP contribution is 2.43. The van der Waals surface area contributed by atoms with Gasteiger partial charge >= 0.3 is 5.97 Å². The van der Waals surface area contributed by atoms with Crippen molar-refractivity contribution < 1.29 is 14.3 Å². The van der Waals surface area contributed by atoms with E-state index in [0.29, 0.717) is 29.1 Å². The zero-order valence-corrected chi connectivity index (χ0v) is 21.0. The minimum atomic E-state index is -0.531. The minimum Gasteiger partial charge on any atom is -0.462 e. The van der Waals surface area contributed by atoms with Crippen LogP contribution in [0.3, 0.4) is 0 Å². The summed E-state index contributed by atoms with van der Waals surface area (Å²) in [4.78, 5) is 27.8. The highest BCUT2D eigenvalue weighted by molar-refractivity contribution is 8.00. The predicted molar refractivity (Wildman–Crippen MR) is 133 cm³/mol. The van der Waals surface area contributed by atoms with Crippen molar-refractivity contribution in [2.45, 2.75) is 62.4 Å². The van der Waals surface area contributed by atoms with E-state index in [1.807, 2.05) is 30.3 Å². The van der Waals surface area contributed by atoms with Crippen molar-refractivity contribution in [3.8, 4) is 0 Å². The van der Waals surface area contributed by atoms with Crippen molar-refractivity contribution in [2.75, 3.05) is 11.9 Å². The molecule has 0 saturated heterocycles. The lowest BCUT2D eigenvalue weighted by molar-refractivity contribution is -0.115. The lowest BCUT2D eigenvalue weighted by Crippen LogP contribution is -2.21. The molecule has 0 unspecified atom stereocenters. The van der Waals surface area contributed by atoms with Crippen LogP contribution in [-0.4, -0.2) is 33.2 Å². The van der Waals surface area contributed by atoms with Crippen LogP contribution in [0.1, 0.15) is 70.8 Å². The Hall–Kier alpha value is -2.65. The molecular weight excluding hydrogens is 468 g/mol. The Morgan fingerprint density at radius 2 is 2.06 bits per heavy atom. The third-order valence-electron chi connectivity index (χ3n) is 6.27. The molecule has 1 aromatic carbocycles. The van der Waals surface area contributed by atoms with Gasteiger partial charge in [0.25, 0.3) is 0 Å². The highest BCUT2D eigenvalue weighted by Gasteiger charge is 2.33. The predicted octanol–water partition coefficient (Wildman–Crippen LogP) is 5.45. The number of ether oxygens (including phenoxy) is 1. The van der Waals surface area contributed by atoms with Crippen LogP contribution in [0.2, 0.25) is 0 Å². The molecule has 178 valence electrons. The molecule has 7 nitrogen and oxygen atoms in total. The maximum Gasteiger partial charge on any atom is 0.341 e. The van der Waals surface area contributed by atoms with Gasteiger partial charge in [-0.2, -0.15) is 0 Å². The molecule has 1 amide bonds. The molecular formula is C25H28N4O3S2. The second-order valence-corrected chi connectivity index (χ2v) is 11.1. The van der Waals surface area contributed by atoms with Gasteiger partial charge in [0.05, 0.1) is 12.2 Å². The number of amides is 1. The second-order valence-electron chi connectivity index (χ2n) is 8.93. The Bertz CT molecular complexity index is 1190. The van der Waals surface area contributed by atoms with Crippen molar-refractivity contribution in [3.05, 3.63) is 58.2 Å². The molecule has 2 atom stereocenters. The van der Waals surface area contributed by atoms with Crippen LogP contribution < -0.4 is 5.32 Å². The molecule has 9 heteroatoms. The fraction of sp³-hybridized carbons (Fsp3) is 0.440. The van der Waals surface area contributed by atoms with Crippen LogP contribution in [0.4, 0.5) is 5.00 Å². The summed E-state index contributed by atoms with van der Waals surface area (Å²) in [6.07, 6.45) is 6.74. The molecule has 0 bridgehead atoms. The number of nitrogens with one attached hydrogen (secondary N) is 1. The minimum absolute atomic E-state index is 0.182. The average Bonchev–Trinajstić information content (AvgIpc) is 3.46. The van der Waals surface area contributed by atoms with E-state index in [-0.39, 0.29) is 11.9 Å². The largest absolute Gasteiger partial charge is 0.462 e. The average molecular weight is 497 g/mol. The van der Waals surface area contributed by atoms with Crippen molar-refractivity contribution >= 4 is 40.0 Å². The van der Waals surface area contributed by atoms with Crippen LogP contribution in [0, 0.1) is 5.92 Å². The van der Waals surface area contributed by atoms with E-state index in [1.165, 1.54) is 28.0 Å². The van der Waals surface area contributed by atoms with E-state index >= 15 is 0 Å². The summed E-state index contributed by atoms with van der Waals surface area (Å²) >= 11 is 2.91. The summed E-state index contributed by atoms with van der Waals surface area (Å²) < 4.78 is 7.43. The number of thioether (sulfide) groups is 1. The summed E-state index contributed by atoms with van der Waals surface area (Å²) in [6, 6.07) is 10.1. The number of carbonyl (C=O) groups is 2. The number of hydrogen-bond donors (Lipinski definition) is 1. The van der Waals surface area contributed by atoms with E-state index in [2.05, 4.69) is 27.0 Å². The van der Waals surface area contributed by atoms with Crippen molar-refractivity contribution in [1.82, 2.24) is 14.8 Å². The third kappa shape index (κ3) is 4.77. The Kier molecular flexibility index (Phi) is 6.74. The molecule has 2 aliphatic carbocycles. The van der Waals surface area contributed by atoms with Gasteiger partial charge in [0.15, 0.2) is 5.16 Å². The van der Waals surface area contributed by atoms with E-state index < -0.39 is 5.25 Å². The Labute approximate surface area is 207 Å². The first-order valence-corrected chi connectivity index (χ1v) is 13.5. The molecule has 1 saturated carbocycles. The lowest BCUT2D eigenvalue weighted by Gasteiger charge is -2.18. The van der Waals surface area contributed by atoms with E-state index in [4.69, 9.17) is 4.74 Å². The molecule has 0 radical (unpaired) electrons. The van der Waals surface area contributed by atoms with Gasteiger partial charge in [-0.25, -0.2) is 4.79 Å². The molecule has 2 aromatic heterocycles. The number of anilines is 1. The van der Waals surface area contributed by atoms with Gasteiger partial charge in [-0.15, -0.1) is 21.5 Å². The first-order valence-electron chi connectivity index (χ1n) is 11.8. The summed E-state index contributed by atoms with van der Waals surface area (Å²) in [7, 11) is 0. The van der Waals surface area contributed by atoms with Crippen LogP contribution >= 0.6 is 23.1 Å². The molecule has 1 fully saturated rings. The second kappa shape index (κ2) is 9.92. The molecule has 2 aliphatic rings. The number of fused-ring (bicyclic) bond motifs is 1. The number of hydrogen-bond acceptors (Lipinski definition) is 7. The Balaban J connectivity index is 1.46. The Morgan fingerprint density at radius 3 is 2.79 bits per heavy atom. The zero-order valence-electron chi connectivity index (χ0n) is 19.3. The number of carbonyl (C=O) groups excluding carboxylic acids is 2. The highest BCUT2D eigenvalue weighted by atomic mass is 32.2. The van der Waals surface area contributed by atoms with Gasteiger partial charge in [0, 0.05) is 10.9 Å². The molecule has 0 spiro atoms. The van der Waals surface area contributed by atoms with E-state index in [0.717, 1.165) is 48.4 Å². The zero-order chi connectivity index (χ0) is 23.7. The summed E-state index contributed by atoms with van der Waals surface area (Å²) in [5.74, 6) is 0.0205. The van der Waals surface area contributed by atoms with Crippen LogP contribution in [-0.2, 0) is 22.4 Å². The number of benzene rings is 1. The fourth-order valence-corrected chi connectivity index (χ4v) is 6.85. The smallest absolute Gasteiger partial charge is 0.341 e. The van der Waals surface area contributed by atoms with Crippen LogP contribution in [0.5, 0.6) is 0 Å². The third-order valence-corrected chi connectivity index (χ3v) is 8.67. The van der Waals surface area contributed by atoms with Gasteiger partial charge < -0.3 is 14.6 Å². The van der Waals surface area contributed by atoms with Crippen molar-refractivity contribution in [3.63, 3.8) is 0 Å². The first-order chi connectivity index (χ1) is 16.5. The summed E-state index contributed by atoms with van der Waals surface area (Å²) in [6.45, 7) is 4.32.